The van der Waals surface area contributed by atoms with Crippen LogP contribution in [-0.2, 0) is 17.1 Å². The Kier molecular flexibility index (Phi) is 5.52. The van der Waals surface area contributed by atoms with Crippen LogP contribution in [0.1, 0.15) is 28.4 Å². The molecule has 0 aliphatic rings. The number of hydrogen-bond donors (Lipinski definition) is 1. The number of aromatic nitrogens is 1. The Hall–Kier alpha value is -1.63. The van der Waals surface area contributed by atoms with Gasteiger partial charge in [-0.1, -0.05) is 6.07 Å². The monoisotopic (exact) mass is 349 g/mol. The van der Waals surface area contributed by atoms with E-state index in [1.807, 2.05) is 75.8 Å². The van der Waals surface area contributed by atoms with Crippen molar-refractivity contribution in [1.29, 1.82) is 0 Å². The highest BCUT2D eigenvalue weighted by Crippen LogP contribution is 2.22. The van der Waals surface area contributed by atoms with Crippen LogP contribution in [0.15, 0.2) is 35.4 Å². The zero-order valence-corrected chi connectivity index (χ0v) is 16.1. The van der Waals surface area contributed by atoms with Crippen molar-refractivity contribution in [3.63, 3.8) is 0 Å². The minimum absolute atomic E-state index is 0.0355. The van der Waals surface area contributed by atoms with Crippen molar-refractivity contribution in [1.82, 2.24) is 14.2 Å². The van der Waals surface area contributed by atoms with E-state index >= 15 is 0 Å². The number of benzene rings is 1. The van der Waals surface area contributed by atoms with E-state index in [0.29, 0.717) is 11.4 Å². The number of hydrogen-bond acceptors (Lipinski definition) is 3. The van der Waals surface area contributed by atoms with Crippen LogP contribution in [-0.4, -0.2) is 38.5 Å². The summed E-state index contributed by atoms with van der Waals surface area (Å²) in [6, 6.07) is 7.62. The molecule has 2 rings (SSSR count). The van der Waals surface area contributed by atoms with Gasteiger partial charge in [0.05, 0.1) is 10.9 Å². The maximum atomic E-state index is 12.8. The molecule has 1 atom stereocenters. The lowest BCUT2D eigenvalue weighted by molar-refractivity contribution is 0.289. The van der Waals surface area contributed by atoms with E-state index in [2.05, 4.69) is 4.72 Å². The molecule has 0 radical (unpaired) electrons. The largest absolute Gasteiger partial charge is 0.353 e. The molecule has 24 heavy (non-hydrogen) atoms. The third-order valence-electron chi connectivity index (χ3n) is 4.50. The van der Waals surface area contributed by atoms with Crippen molar-refractivity contribution in [2.45, 2.75) is 31.7 Å². The van der Waals surface area contributed by atoms with E-state index in [4.69, 9.17) is 0 Å². The van der Waals surface area contributed by atoms with Crippen LogP contribution in [0.5, 0.6) is 0 Å². The number of likely N-dealkylation sites (N-methyl/N-ethyl adjacent to an activating group) is 1. The van der Waals surface area contributed by atoms with Gasteiger partial charge in [0.25, 0.3) is 0 Å². The van der Waals surface area contributed by atoms with Gasteiger partial charge in [0.15, 0.2) is 0 Å². The second-order valence-electron chi connectivity index (χ2n) is 6.58. The SMILES string of the molecule is Cc1cc(C)c(S(=O)(=O)NCC(c2cccn2C)N(C)C)cc1C. The second-order valence-corrected chi connectivity index (χ2v) is 8.31. The summed E-state index contributed by atoms with van der Waals surface area (Å²) >= 11 is 0. The Morgan fingerprint density at radius 2 is 1.75 bits per heavy atom. The first kappa shape index (κ1) is 18.7. The lowest BCUT2D eigenvalue weighted by Gasteiger charge is -2.25. The van der Waals surface area contributed by atoms with E-state index in [1.54, 1.807) is 6.07 Å². The molecule has 2 aromatic rings. The molecule has 0 saturated carbocycles. The average Bonchev–Trinajstić information content (AvgIpc) is 2.88. The van der Waals surface area contributed by atoms with Gasteiger partial charge in [0.2, 0.25) is 10.0 Å². The number of rotatable bonds is 6. The van der Waals surface area contributed by atoms with Gasteiger partial charge < -0.3 is 4.57 Å². The maximum Gasteiger partial charge on any atom is 0.240 e. The van der Waals surface area contributed by atoms with Gasteiger partial charge in [-0.15, -0.1) is 0 Å². The van der Waals surface area contributed by atoms with Gasteiger partial charge in [-0.3, -0.25) is 4.90 Å². The smallest absolute Gasteiger partial charge is 0.240 e. The predicted molar refractivity (Wildman–Crippen MR) is 97.7 cm³/mol. The zero-order valence-electron chi connectivity index (χ0n) is 15.3. The van der Waals surface area contributed by atoms with Crippen molar-refractivity contribution in [2.24, 2.45) is 7.05 Å². The first-order chi connectivity index (χ1) is 11.1. The lowest BCUT2D eigenvalue weighted by atomic mass is 10.1. The Morgan fingerprint density at radius 1 is 1.12 bits per heavy atom. The van der Waals surface area contributed by atoms with Crippen LogP contribution in [0.4, 0.5) is 0 Å². The molecule has 6 heteroatoms. The third-order valence-corrected chi connectivity index (χ3v) is 6.06. The molecule has 132 valence electrons. The summed E-state index contributed by atoms with van der Waals surface area (Å²) in [7, 11) is 2.32. The van der Waals surface area contributed by atoms with Crippen molar-refractivity contribution in [3.8, 4) is 0 Å². The molecule has 0 aliphatic heterocycles. The van der Waals surface area contributed by atoms with E-state index in [1.165, 1.54) is 0 Å². The average molecular weight is 350 g/mol. The predicted octanol–water partition coefficient (Wildman–Crippen LogP) is 2.53. The lowest BCUT2D eigenvalue weighted by Crippen LogP contribution is -2.35. The van der Waals surface area contributed by atoms with Gasteiger partial charge in [-0.2, -0.15) is 0 Å². The number of nitrogens with zero attached hydrogens (tertiary/aromatic N) is 2. The van der Waals surface area contributed by atoms with E-state index in [9.17, 15) is 8.42 Å². The quantitative estimate of drug-likeness (QED) is 0.872. The maximum absolute atomic E-state index is 12.8. The van der Waals surface area contributed by atoms with Gasteiger partial charge in [-0.05, 0) is 69.8 Å². The molecular formula is C18H27N3O2S. The standard InChI is InChI=1S/C18H27N3O2S/c1-13-10-15(3)18(11-14(13)2)24(22,23)19-12-17(20(4)5)16-8-7-9-21(16)6/h7-11,17,19H,12H2,1-6H3. The second kappa shape index (κ2) is 7.09. The van der Waals surface area contributed by atoms with Crippen LogP contribution in [0.3, 0.4) is 0 Å². The van der Waals surface area contributed by atoms with Crippen LogP contribution in [0.2, 0.25) is 0 Å². The fourth-order valence-electron chi connectivity index (χ4n) is 2.86. The summed E-state index contributed by atoms with van der Waals surface area (Å²) in [5.41, 5.74) is 3.92. The van der Waals surface area contributed by atoms with Gasteiger partial charge in [-0.25, -0.2) is 13.1 Å². The Bertz CT molecular complexity index is 823. The minimum Gasteiger partial charge on any atom is -0.353 e. The van der Waals surface area contributed by atoms with Gasteiger partial charge >= 0.3 is 0 Å². The molecular weight excluding hydrogens is 322 g/mol. The summed E-state index contributed by atoms with van der Waals surface area (Å²) < 4.78 is 30.3. The van der Waals surface area contributed by atoms with E-state index in [-0.39, 0.29) is 6.04 Å². The summed E-state index contributed by atoms with van der Waals surface area (Å²) in [5.74, 6) is 0. The summed E-state index contributed by atoms with van der Waals surface area (Å²) in [6.07, 6.45) is 1.97. The first-order valence-electron chi connectivity index (χ1n) is 7.98. The van der Waals surface area contributed by atoms with Crippen molar-refractivity contribution in [3.05, 3.63) is 52.8 Å². The molecule has 0 amide bonds. The fourth-order valence-corrected chi connectivity index (χ4v) is 4.21. The number of sulfonamides is 1. The van der Waals surface area contributed by atoms with Crippen LogP contribution in [0, 0.1) is 20.8 Å². The highest BCUT2D eigenvalue weighted by molar-refractivity contribution is 7.89. The first-order valence-corrected chi connectivity index (χ1v) is 9.47. The highest BCUT2D eigenvalue weighted by atomic mass is 32.2. The Labute approximate surface area is 145 Å². The number of aryl methyl sites for hydroxylation is 4. The molecule has 1 unspecified atom stereocenters. The van der Waals surface area contributed by atoms with Crippen molar-refractivity contribution in [2.75, 3.05) is 20.6 Å². The molecule has 0 spiro atoms. The molecule has 0 bridgehead atoms. The van der Waals surface area contributed by atoms with Crippen molar-refractivity contribution >= 4 is 10.0 Å². The molecule has 0 fully saturated rings. The molecule has 0 aliphatic carbocycles. The van der Waals surface area contributed by atoms with Crippen molar-refractivity contribution < 1.29 is 8.42 Å². The zero-order chi connectivity index (χ0) is 18.1. The van der Waals surface area contributed by atoms with Crippen LogP contribution >= 0.6 is 0 Å². The molecule has 5 nitrogen and oxygen atoms in total. The topological polar surface area (TPSA) is 54.3 Å². The Balaban J connectivity index is 2.26. The summed E-state index contributed by atoms with van der Waals surface area (Å²) in [5, 5.41) is 0. The van der Waals surface area contributed by atoms with Gasteiger partial charge in [0, 0.05) is 25.5 Å². The molecule has 0 saturated heterocycles. The van der Waals surface area contributed by atoms with Gasteiger partial charge in [0.1, 0.15) is 0 Å². The fraction of sp³-hybridized carbons (Fsp3) is 0.444. The van der Waals surface area contributed by atoms with E-state index in [0.717, 1.165) is 22.4 Å². The molecule has 1 aromatic heterocycles. The van der Waals surface area contributed by atoms with Crippen LogP contribution in [0.25, 0.3) is 0 Å². The third kappa shape index (κ3) is 3.88. The summed E-state index contributed by atoms with van der Waals surface area (Å²) in [6.45, 7) is 6.07. The number of nitrogens with one attached hydrogen (secondary N) is 1. The highest BCUT2D eigenvalue weighted by Gasteiger charge is 2.22. The molecule has 1 heterocycles. The van der Waals surface area contributed by atoms with E-state index < -0.39 is 10.0 Å². The normalized spacial score (nSPS) is 13.5. The Morgan fingerprint density at radius 3 is 2.29 bits per heavy atom. The molecule has 1 aromatic carbocycles. The minimum atomic E-state index is -3.55. The molecule has 1 N–H and O–H groups in total. The summed E-state index contributed by atoms with van der Waals surface area (Å²) in [4.78, 5) is 2.38. The van der Waals surface area contributed by atoms with Crippen LogP contribution < -0.4 is 4.72 Å².